The van der Waals surface area contributed by atoms with Crippen LogP contribution in [-0.2, 0) is 10.1 Å². The molecule has 0 spiro atoms. The quantitative estimate of drug-likeness (QED) is 0.433. The first-order valence-electron chi connectivity index (χ1n) is 7.15. The normalized spacial score (nSPS) is 11.7. The summed E-state index contributed by atoms with van der Waals surface area (Å²) in [5.41, 5.74) is 8.12. The molecule has 2 aromatic carbocycles. The molecule has 0 saturated heterocycles. The monoisotopic (exact) mass is 341 g/mol. The molecule has 1 heterocycles. The fourth-order valence-corrected chi connectivity index (χ4v) is 2.93. The molecule has 1 aromatic heterocycles. The molecule has 0 saturated carbocycles. The average Bonchev–Trinajstić information content (AvgIpc) is 3.12. The van der Waals surface area contributed by atoms with Gasteiger partial charge in [-0.1, -0.05) is 42.5 Å². The maximum absolute atomic E-state index is 12.1. The SMILES string of the molecule is Nc1ccc(OS(=O)(=O)c2ccco2)cc1C=Cc1ccccc1. The van der Waals surface area contributed by atoms with Crippen LogP contribution in [0.2, 0.25) is 0 Å². The van der Waals surface area contributed by atoms with E-state index in [1.165, 1.54) is 24.5 Å². The van der Waals surface area contributed by atoms with E-state index >= 15 is 0 Å². The van der Waals surface area contributed by atoms with Crippen LogP contribution in [0, 0.1) is 0 Å². The predicted octanol–water partition coefficient (Wildman–Crippen LogP) is 3.80. The Hall–Kier alpha value is -2.99. The highest BCUT2D eigenvalue weighted by atomic mass is 32.2. The molecule has 6 heteroatoms. The van der Waals surface area contributed by atoms with Gasteiger partial charge in [-0.25, -0.2) is 0 Å². The van der Waals surface area contributed by atoms with Crippen LogP contribution in [0.3, 0.4) is 0 Å². The Morgan fingerprint density at radius 2 is 1.75 bits per heavy atom. The number of furan rings is 1. The summed E-state index contributed by atoms with van der Waals surface area (Å²) in [4.78, 5) is 0. The standard InChI is InChI=1S/C18H15NO4S/c19-17-11-10-16(23-24(20,21)18-7-4-12-22-18)13-15(17)9-8-14-5-2-1-3-6-14/h1-13H,19H2. The molecule has 0 amide bonds. The molecule has 0 aliphatic rings. The van der Waals surface area contributed by atoms with Crippen LogP contribution < -0.4 is 9.92 Å². The van der Waals surface area contributed by atoms with E-state index in [4.69, 9.17) is 14.3 Å². The van der Waals surface area contributed by atoms with E-state index < -0.39 is 10.1 Å². The van der Waals surface area contributed by atoms with Gasteiger partial charge < -0.3 is 14.3 Å². The van der Waals surface area contributed by atoms with Crippen molar-refractivity contribution in [2.24, 2.45) is 0 Å². The maximum atomic E-state index is 12.1. The molecule has 122 valence electrons. The second-order valence-electron chi connectivity index (χ2n) is 5.00. The van der Waals surface area contributed by atoms with Gasteiger partial charge >= 0.3 is 10.1 Å². The summed E-state index contributed by atoms with van der Waals surface area (Å²) in [5, 5.41) is -0.249. The zero-order valence-electron chi connectivity index (χ0n) is 12.6. The highest BCUT2D eigenvalue weighted by Crippen LogP contribution is 2.25. The third kappa shape index (κ3) is 3.67. The third-order valence-corrected chi connectivity index (χ3v) is 4.40. The van der Waals surface area contributed by atoms with Gasteiger partial charge in [-0.3, -0.25) is 0 Å². The Morgan fingerprint density at radius 3 is 2.46 bits per heavy atom. The molecule has 0 aliphatic heterocycles. The van der Waals surface area contributed by atoms with Crippen LogP contribution in [0.5, 0.6) is 5.75 Å². The lowest BCUT2D eigenvalue weighted by Crippen LogP contribution is -2.08. The van der Waals surface area contributed by atoms with Crippen LogP contribution in [0.25, 0.3) is 12.2 Å². The lowest BCUT2D eigenvalue weighted by molar-refractivity contribution is 0.410. The van der Waals surface area contributed by atoms with E-state index in [2.05, 4.69) is 0 Å². The number of nitrogen functional groups attached to an aromatic ring is 1. The average molecular weight is 341 g/mol. The molecule has 0 unspecified atom stereocenters. The van der Waals surface area contributed by atoms with Crippen molar-refractivity contribution in [3.8, 4) is 5.75 Å². The summed E-state index contributed by atoms with van der Waals surface area (Å²) in [7, 11) is -4.00. The highest BCUT2D eigenvalue weighted by molar-refractivity contribution is 7.87. The second-order valence-corrected chi connectivity index (χ2v) is 6.48. The molecule has 0 atom stereocenters. The van der Waals surface area contributed by atoms with Crippen molar-refractivity contribution in [2.45, 2.75) is 5.09 Å². The van der Waals surface area contributed by atoms with Crippen molar-refractivity contribution in [2.75, 3.05) is 5.73 Å². The zero-order chi connectivity index (χ0) is 17.0. The van der Waals surface area contributed by atoms with Gasteiger partial charge in [0, 0.05) is 11.3 Å². The van der Waals surface area contributed by atoms with E-state index in [-0.39, 0.29) is 10.8 Å². The van der Waals surface area contributed by atoms with Crippen LogP contribution in [0.4, 0.5) is 5.69 Å². The van der Waals surface area contributed by atoms with Gasteiger partial charge in [0.05, 0.1) is 6.26 Å². The number of nitrogens with two attached hydrogens (primary N) is 1. The number of anilines is 1. The minimum Gasteiger partial charge on any atom is -0.450 e. The van der Waals surface area contributed by atoms with Crippen molar-refractivity contribution >= 4 is 28.0 Å². The second kappa shape index (κ2) is 6.64. The first kappa shape index (κ1) is 15.9. The maximum Gasteiger partial charge on any atom is 0.373 e. The molecular weight excluding hydrogens is 326 g/mol. The van der Waals surface area contributed by atoms with Gasteiger partial charge in [0.15, 0.2) is 0 Å². The number of hydrogen-bond acceptors (Lipinski definition) is 5. The minimum absolute atomic E-state index is 0.160. The molecule has 0 bridgehead atoms. The molecule has 3 aromatic rings. The largest absolute Gasteiger partial charge is 0.450 e. The number of benzene rings is 2. The molecule has 3 rings (SSSR count). The minimum atomic E-state index is -4.00. The first-order valence-corrected chi connectivity index (χ1v) is 8.56. The summed E-state index contributed by atoms with van der Waals surface area (Å²) < 4.78 is 34.1. The lowest BCUT2D eigenvalue weighted by atomic mass is 10.1. The summed E-state index contributed by atoms with van der Waals surface area (Å²) in [6.45, 7) is 0. The van der Waals surface area contributed by atoms with Crippen LogP contribution in [0.15, 0.2) is 76.4 Å². The van der Waals surface area contributed by atoms with Crippen LogP contribution in [0.1, 0.15) is 11.1 Å². The van der Waals surface area contributed by atoms with Crippen molar-refractivity contribution in [3.63, 3.8) is 0 Å². The first-order chi connectivity index (χ1) is 11.5. The molecule has 5 nitrogen and oxygen atoms in total. The van der Waals surface area contributed by atoms with Gasteiger partial charge in [0.25, 0.3) is 5.09 Å². The molecule has 24 heavy (non-hydrogen) atoms. The highest BCUT2D eigenvalue weighted by Gasteiger charge is 2.20. The van der Waals surface area contributed by atoms with Gasteiger partial charge in [-0.15, -0.1) is 0 Å². The van der Waals surface area contributed by atoms with Crippen LogP contribution >= 0.6 is 0 Å². The number of hydrogen-bond donors (Lipinski definition) is 1. The van der Waals surface area contributed by atoms with E-state index in [0.29, 0.717) is 11.3 Å². The molecule has 0 aliphatic carbocycles. The predicted molar refractivity (Wildman–Crippen MR) is 92.7 cm³/mol. The Morgan fingerprint density at radius 1 is 0.958 bits per heavy atom. The fourth-order valence-electron chi connectivity index (χ4n) is 2.07. The molecule has 2 N–H and O–H groups in total. The van der Waals surface area contributed by atoms with Crippen LogP contribution in [-0.4, -0.2) is 8.42 Å². The van der Waals surface area contributed by atoms with Gasteiger partial charge in [0.1, 0.15) is 5.75 Å². The third-order valence-electron chi connectivity index (χ3n) is 3.26. The van der Waals surface area contributed by atoms with E-state index in [1.807, 2.05) is 36.4 Å². The van der Waals surface area contributed by atoms with Crippen molar-refractivity contribution in [3.05, 3.63) is 78.1 Å². The fraction of sp³-hybridized carbons (Fsp3) is 0. The Bertz CT molecular complexity index is 946. The van der Waals surface area contributed by atoms with E-state index in [1.54, 1.807) is 18.2 Å². The van der Waals surface area contributed by atoms with E-state index in [0.717, 1.165) is 5.56 Å². The summed E-state index contributed by atoms with van der Waals surface area (Å²) in [6, 6.07) is 17.2. The Balaban J connectivity index is 1.85. The zero-order valence-corrected chi connectivity index (χ0v) is 13.4. The van der Waals surface area contributed by atoms with E-state index in [9.17, 15) is 8.42 Å². The smallest absolute Gasteiger partial charge is 0.373 e. The van der Waals surface area contributed by atoms with Gasteiger partial charge in [-0.05, 0) is 35.9 Å². The lowest BCUT2D eigenvalue weighted by Gasteiger charge is -2.07. The Labute approximate surface area is 140 Å². The van der Waals surface area contributed by atoms with Crippen molar-refractivity contribution < 1.29 is 17.0 Å². The van der Waals surface area contributed by atoms with Gasteiger partial charge in [-0.2, -0.15) is 8.42 Å². The summed E-state index contributed by atoms with van der Waals surface area (Å²) in [5.74, 6) is 0.160. The van der Waals surface area contributed by atoms with Gasteiger partial charge in [0.2, 0.25) is 0 Å². The molecule has 0 radical (unpaired) electrons. The Kier molecular flexibility index (Phi) is 4.39. The molecular formula is C18H15NO4S. The molecule has 0 fully saturated rings. The number of rotatable bonds is 5. The topological polar surface area (TPSA) is 82.5 Å². The summed E-state index contributed by atoms with van der Waals surface area (Å²) in [6.07, 6.45) is 4.96. The summed E-state index contributed by atoms with van der Waals surface area (Å²) >= 11 is 0. The van der Waals surface area contributed by atoms with Crippen molar-refractivity contribution in [1.29, 1.82) is 0 Å². The van der Waals surface area contributed by atoms with Crippen molar-refractivity contribution in [1.82, 2.24) is 0 Å².